The van der Waals surface area contributed by atoms with Gasteiger partial charge in [0.1, 0.15) is 10.4 Å². The molecule has 0 radical (unpaired) electrons. The average molecular weight is 486 g/mol. The minimum absolute atomic E-state index is 0. The predicted octanol–water partition coefficient (Wildman–Crippen LogP) is -2.88. The summed E-state index contributed by atoms with van der Waals surface area (Å²) in [6.07, 6.45) is 3.68. The van der Waals surface area contributed by atoms with Crippen molar-refractivity contribution in [1.29, 1.82) is 0 Å². The Bertz CT molecular complexity index is 1620. The molecule has 0 saturated carbocycles. The van der Waals surface area contributed by atoms with Crippen molar-refractivity contribution in [2.24, 2.45) is 0 Å². The van der Waals surface area contributed by atoms with Crippen LogP contribution in [-0.4, -0.2) is 35.9 Å². The molecule has 0 atom stereocenters. The summed E-state index contributed by atoms with van der Waals surface area (Å²) in [5.41, 5.74) is 2.25. The first kappa shape index (κ1) is 25.4. The molecule has 0 fully saturated rings. The van der Waals surface area contributed by atoms with Gasteiger partial charge in [-0.1, -0.05) is 28.5 Å². The van der Waals surface area contributed by atoms with Crippen LogP contribution in [0, 0.1) is 12.5 Å². The Morgan fingerprint density at radius 1 is 1.00 bits per heavy atom. The second-order valence-corrected chi connectivity index (χ2v) is 9.61. The number of nitrogens with one attached hydrogen (secondary N) is 1. The molecule has 0 bridgehead atoms. The van der Waals surface area contributed by atoms with Crippen molar-refractivity contribution in [3.63, 3.8) is 0 Å². The zero-order valence-corrected chi connectivity index (χ0v) is 22.6. The molecule has 1 aliphatic carbocycles. The van der Waals surface area contributed by atoms with Gasteiger partial charge in [0.2, 0.25) is 0 Å². The maximum Gasteiger partial charge on any atom is 1.00 e. The van der Waals surface area contributed by atoms with Crippen molar-refractivity contribution in [3.8, 4) is 0 Å². The van der Waals surface area contributed by atoms with Gasteiger partial charge in [-0.15, -0.1) is 47.9 Å². The average Bonchev–Trinajstić information content (AvgIpc) is 3.10. The van der Waals surface area contributed by atoms with Crippen molar-refractivity contribution in [2.45, 2.75) is 9.79 Å². The number of rotatable bonds is 3. The summed E-state index contributed by atoms with van der Waals surface area (Å²) >= 11 is 0. The molecule has 3 N–H and O–H groups in total. The fraction of sp³-hybridized carbons (Fsp3) is 0. The van der Waals surface area contributed by atoms with Crippen molar-refractivity contribution in [2.75, 3.05) is 0 Å². The molecule has 1 heterocycles. The summed E-state index contributed by atoms with van der Waals surface area (Å²) in [7, 11) is -9.51. The molecule has 12 heteroatoms. The zero-order chi connectivity index (χ0) is 21.3. The Morgan fingerprint density at radius 3 is 2.44 bits per heavy atom. The topological polar surface area (TPSA) is 137 Å². The van der Waals surface area contributed by atoms with Gasteiger partial charge in [-0.05, 0) is 12.1 Å². The third-order valence-corrected chi connectivity index (χ3v) is 6.58. The van der Waals surface area contributed by atoms with Crippen LogP contribution < -0.4 is 59.1 Å². The molecular formula is C20H12N2Na2O6S2. The number of benzene rings is 3. The molecule has 0 spiro atoms. The van der Waals surface area contributed by atoms with E-state index >= 15 is 0 Å². The van der Waals surface area contributed by atoms with Gasteiger partial charge in [0.05, 0.1) is 16.2 Å². The molecule has 32 heavy (non-hydrogen) atoms. The van der Waals surface area contributed by atoms with E-state index in [1.54, 1.807) is 6.07 Å². The van der Waals surface area contributed by atoms with Gasteiger partial charge in [0.15, 0.2) is 0 Å². The molecule has 3 aromatic carbocycles. The van der Waals surface area contributed by atoms with Gasteiger partial charge in [0.25, 0.3) is 20.2 Å². The van der Waals surface area contributed by atoms with Crippen LogP contribution in [0.1, 0.15) is 17.0 Å². The van der Waals surface area contributed by atoms with Crippen molar-refractivity contribution in [1.82, 2.24) is 9.97 Å². The van der Waals surface area contributed by atoms with Crippen molar-refractivity contribution in [3.05, 3.63) is 71.9 Å². The number of hydrogen-bond acceptors (Lipinski definition) is 5. The van der Waals surface area contributed by atoms with Crippen molar-refractivity contribution < 1.29 is 85.1 Å². The summed E-state index contributed by atoms with van der Waals surface area (Å²) in [6, 6.07) is 14.5. The SMILES string of the molecule is O=S(=O)(O)c1cc(S(=O)(=O)O)c2nc(C3=Cc4[c-]ccc5cccc(c45)[CH-]3)[nH]c2c1.[Na+].[Na+]. The summed E-state index contributed by atoms with van der Waals surface area (Å²) in [6.45, 7) is 0. The van der Waals surface area contributed by atoms with Gasteiger partial charge in [-0.3, -0.25) is 14.1 Å². The summed E-state index contributed by atoms with van der Waals surface area (Å²) in [4.78, 5) is 5.76. The van der Waals surface area contributed by atoms with Gasteiger partial charge in [-0.25, -0.2) is 0 Å². The quantitative estimate of drug-likeness (QED) is 0.161. The van der Waals surface area contributed by atoms with Crippen LogP contribution in [0.2, 0.25) is 0 Å². The summed E-state index contributed by atoms with van der Waals surface area (Å²) < 4.78 is 65.5. The summed E-state index contributed by atoms with van der Waals surface area (Å²) in [5, 5.41) is 2.07. The van der Waals surface area contributed by atoms with Crippen LogP contribution in [0.3, 0.4) is 0 Å². The molecule has 1 aliphatic rings. The number of hydrogen-bond donors (Lipinski definition) is 3. The van der Waals surface area contributed by atoms with E-state index in [0.29, 0.717) is 11.6 Å². The molecule has 0 saturated heterocycles. The number of imidazole rings is 1. The number of aromatic nitrogens is 2. The zero-order valence-electron chi connectivity index (χ0n) is 17.0. The van der Waals surface area contributed by atoms with Crippen LogP contribution in [0.4, 0.5) is 0 Å². The van der Waals surface area contributed by atoms with E-state index in [2.05, 4.69) is 16.0 Å². The fourth-order valence-corrected chi connectivity index (χ4v) is 4.89. The van der Waals surface area contributed by atoms with Gasteiger partial charge >= 0.3 is 59.1 Å². The molecular weight excluding hydrogens is 474 g/mol. The first-order valence-corrected chi connectivity index (χ1v) is 11.5. The van der Waals surface area contributed by atoms with Crippen molar-refractivity contribution >= 4 is 53.7 Å². The van der Waals surface area contributed by atoms with E-state index < -0.39 is 30.0 Å². The Kier molecular flexibility index (Phi) is 7.06. The molecule has 152 valence electrons. The van der Waals surface area contributed by atoms with Crippen LogP contribution in [-0.2, 0) is 20.2 Å². The Labute approximate surface area is 228 Å². The monoisotopic (exact) mass is 486 g/mol. The normalized spacial score (nSPS) is 13.1. The van der Waals surface area contributed by atoms with Crippen LogP contribution in [0.25, 0.3) is 33.5 Å². The van der Waals surface area contributed by atoms with E-state index in [1.807, 2.05) is 36.8 Å². The maximum atomic E-state index is 11.8. The minimum atomic E-state index is -4.80. The smallest absolute Gasteiger partial charge is 0.370 e. The molecule has 4 aromatic rings. The fourth-order valence-electron chi connectivity index (χ4n) is 3.61. The number of nitrogens with zero attached hydrogens (tertiary/aromatic N) is 1. The number of aromatic amines is 1. The van der Waals surface area contributed by atoms with Gasteiger partial charge < -0.3 is 4.98 Å². The van der Waals surface area contributed by atoms with Gasteiger partial charge in [0, 0.05) is 0 Å². The molecule has 1 aromatic heterocycles. The summed E-state index contributed by atoms with van der Waals surface area (Å²) in [5.74, 6) is 0.266. The Hall–Kier alpha value is -1.18. The Balaban J connectivity index is 0.00000144. The van der Waals surface area contributed by atoms with Crippen LogP contribution in [0.5, 0.6) is 0 Å². The maximum absolute atomic E-state index is 11.8. The number of H-pyrrole nitrogens is 1. The molecule has 0 aliphatic heterocycles. The van der Waals surface area contributed by atoms with E-state index in [9.17, 15) is 25.9 Å². The van der Waals surface area contributed by atoms with E-state index in [4.69, 9.17) is 0 Å². The van der Waals surface area contributed by atoms with E-state index in [-0.39, 0.29) is 76.0 Å². The predicted molar refractivity (Wildman–Crippen MR) is 110 cm³/mol. The number of allylic oxidation sites excluding steroid dienone is 1. The first-order valence-electron chi connectivity index (χ1n) is 8.60. The minimum Gasteiger partial charge on any atom is -0.370 e. The standard InChI is InChI=1S/C20H12N2O6S2.2Na/c23-29(24,25)15-9-16-19(17(10-15)30(26,27)28)22-20(21-16)14-7-12-5-1-3-11-4-2-6-13(8-14)18(11)12;;/h1-5,7-10H,(H,21,22)(H,23,24,25)(H,26,27,28);;/q-2;2*+1. The second-order valence-electron chi connectivity index (χ2n) is 6.80. The third kappa shape index (κ3) is 4.45. The second kappa shape index (κ2) is 8.88. The largest absolute Gasteiger partial charge is 1.00 e. The van der Waals surface area contributed by atoms with E-state index in [1.165, 1.54) is 0 Å². The molecule has 5 rings (SSSR count). The van der Waals surface area contributed by atoms with Gasteiger partial charge in [-0.2, -0.15) is 16.8 Å². The Morgan fingerprint density at radius 2 is 1.75 bits per heavy atom. The first-order chi connectivity index (χ1) is 14.1. The molecule has 8 nitrogen and oxygen atoms in total. The van der Waals surface area contributed by atoms with Crippen LogP contribution >= 0.6 is 0 Å². The van der Waals surface area contributed by atoms with E-state index in [0.717, 1.165) is 28.0 Å². The van der Waals surface area contributed by atoms with Crippen LogP contribution in [0.15, 0.2) is 52.3 Å². The molecule has 0 amide bonds. The number of fused-ring (bicyclic) bond motifs is 1. The molecule has 0 unspecified atom stereocenters. The third-order valence-electron chi connectivity index (χ3n) is 4.89.